The van der Waals surface area contributed by atoms with Gasteiger partial charge in [-0.15, -0.1) is 0 Å². The number of ketones is 1. The minimum absolute atomic E-state index is 0.0135. The highest BCUT2D eigenvalue weighted by Gasteiger charge is 2.29. The molecule has 0 saturated carbocycles. The second-order valence-electron chi connectivity index (χ2n) is 9.08. The first-order valence-corrected chi connectivity index (χ1v) is 11.2. The standard InChI is InChI=1S/C26H30N4O3/c1-17-15-30(16-18(2)32-17)25(27)28-23-14-22(29-33-23)26(3,4)21-12-8-11-20(13-21)24(31)19-9-6-5-7-10-19/h5-14,17-18H,15-16H2,1-4H3,(H2,27,28). The van der Waals surface area contributed by atoms with Gasteiger partial charge in [0.1, 0.15) is 0 Å². The molecule has 0 amide bonds. The Morgan fingerprint density at radius 1 is 1.03 bits per heavy atom. The summed E-state index contributed by atoms with van der Waals surface area (Å²) in [6, 6.07) is 18.7. The smallest absolute Gasteiger partial charge is 0.253 e. The Kier molecular flexibility index (Phi) is 6.33. The molecule has 33 heavy (non-hydrogen) atoms. The lowest BCUT2D eigenvalue weighted by Gasteiger charge is -2.35. The zero-order valence-electron chi connectivity index (χ0n) is 19.5. The second kappa shape index (κ2) is 9.19. The molecule has 4 rings (SSSR count). The Balaban J connectivity index is 1.56. The number of morpholine rings is 1. The Morgan fingerprint density at radius 3 is 2.39 bits per heavy atom. The van der Waals surface area contributed by atoms with Crippen LogP contribution < -0.4 is 5.73 Å². The molecule has 0 spiro atoms. The third-order valence-electron chi connectivity index (χ3n) is 5.99. The number of carbonyl (C=O) groups excluding carboxylic acids is 1. The molecule has 1 aromatic heterocycles. The Hall–Kier alpha value is -3.45. The van der Waals surface area contributed by atoms with E-state index in [0.717, 1.165) is 5.56 Å². The van der Waals surface area contributed by atoms with Gasteiger partial charge in [-0.3, -0.25) is 4.79 Å². The van der Waals surface area contributed by atoms with Gasteiger partial charge in [0, 0.05) is 35.7 Å². The molecule has 0 bridgehead atoms. The summed E-state index contributed by atoms with van der Waals surface area (Å²) >= 11 is 0. The number of guanidine groups is 1. The Labute approximate surface area is 194 Å². The topological polar surface area (TPSA) is 94.0 Å². The molecule has 2 atom stereocenters. The lowest BCUT2D eigenvalue weighted by atomic mass is 9.80. The fraction of sp³-hybridized carbons (Fsp3) is 0.346. The average molecular weight is 447 g/mol. The largest absolute Gasteiger partial charge is 0.372 e. The first-order valence-electron chi connectivity index (χ1n) is 11.2. The van der Waals surface area contributed by atoms with Crippen LogP contribution in [0.25, 0.3) is 0 Å². The van der Waals surface area contributed by atoms with Gasteiger partial charge in [-0.25, -0.2) is 0 Å². The number of nitrogens with two attached hydrogens (primary N) is 1. The van der Waals surface area contributed by atoms with Crippen molar-refractivity contribution in [3.8, 4) is 0 Å². The SMILES string of the molecule is CC1CN(/C(N)=N/c2cc(C(C)(C)c3cccc(C(=O)c4ccccc4)c3)no2)CC(C)O1. The van der Waals surface area contributed by atoms with E-state index in [-0.39, 0.29) is 18.0 Å². The van der Waals surface area contributed by atoms with Gasteiger partial charge in [-0.2, -0.15) is 4.99 Å². The quantitative estimate of drug-likeness (QED) is 0.357. The number of aromatic nitrogens is 1. The maximum Gasteiger partial charge on any atom is 0.253 e. The highest BCUT2D eigenvalue weighted by molar-refractivity contribution is 6.09. The van der Waals surface area contributed by atoms with Crippen LogP contribution in [-0.4, -0.2) is 47.1 Å². The van der Waals surface area contributed by atoms with Crippen LogP contribution >= 0.6 is 0 Å². The van der Waals surface area contributed by atoms with E-state index in [1.54, 1.807) is 6.07 Å². The van der Waals surface area contributed by atoms with Crippen LogP contribution in [0.15, 0.2) is 70.2 Å². The monoisotopic (exact) mass is 446 g/mol. The Bertz CT molecular complexity index is 1140. The van der Waals surface area contributed by atoms with Crippen molar-refractivity contribution in [1.82, 2.24) is 10.1 Å². The summed E-state index contributed by atoms with van der Waals surface area (Å²) in [5, 5.41) is 4.26. The number of benzene rings is 2. The number of hydrogen-bond donors (Lipinski definition) is 1. The molecule has 0 radical (unpaired) electrons. The summed E-state index contributed by atoms with van der Waals surface area (Å²) in [7, 11) is 0. The summed E-state index contributed by atoms with van der Waals surface area (Å²) in [5.74, 6) is 0.715. The molecular formula is C26H30N4O3. The third-order valence-corrected chi connectivity index (χ3v) is 5.99. The first-order chi connectivity index (χ1) is 15.7. The second-order valence-corrected chi connectivity index (χ2v) is 9.08. The summed E-state index contributed by atoms with van der Waals surface area (Å²) in [6.45, 7) is 9.46. The number of nitrogens with zero attached hydrogens (tertiary/aromatic N) is 3. The Morgan fingerprint density at radius 2 is 1.70 bits per heavy atom. The van der Waals surface area contributed by atoms with Gasteiger partial charge < -0.3 is 19.9 Å². The van der Waals surface area contributed by atoms with Crippen LogP contribution in [0, 0.1) is 0 Å². The van der Waals surface area contributed by atoms with Crippen LogP contribution in [0.3, 0.4) is 0 Å². The lowest BCUT2D eigenvalue weighted by molar-refractivity contribution is -0.0483. The molecule has 2 N–H and O–H groups in total. The maximum atomic E-state index is 12.9. The summed E-state index contributed by atoms with van der Waals surface area (Å²) in [5.41, 5.74) is 8.70. The number of hydrogen-bond acceptors (Lipinski definition) is 5. The molecule has 1 aliphatic heterocycles. The van der Waals surface area contributed by atoms with E-state index in [4.69, 9.17) is 15.0 Å². The van der Waals surface area contributed by atoms with Crippen LogP contribution in [0.2, 0.25) is 0 Å². The first kappa shape index (κ1) is 22.7. The molecule has 7 nitrogen and oxygen atoms in total. The highest BCUT2D eigenvalue weighted by Crippen LogP contribution is 2.33. The molecule has 1 saturated heterocycles. The fourth-order valence-electron chi connectivity index (χ4n) is 4.11. The molecule has 0 aliphatic carbocycles. The summed E-state index contributed by atoms with van der Waals surface area (Å²) in [6.07, 6.45) is 0.162. The van der Waals surface area contributed by atoms with Gasteiger partial charge in [-0.05, 0) is 25.5 Å². The van der Waals surface area contributed by atoms with Crippen molar-refractivity contribution >= 4 is 17.6 Å². The number of ether oxygens (including phenoxy) is 1. The minimum Gasteiger partial charge on any atom is -0.372 e. The van der Waals surface area contributed by atoms with Crippen molar-refractivity contribution < 1.29 is 14.1 Å². The number of carbonyl (C=O) groups is 1. The van der Waals surface area contributed by atoms with Crippen LogP contribution in [0.1, 0.15) is 54.9 Å². The van der Waals surface area contributed by atoms with E-state index >= 15 is 0 Å². The summed E-state index contributed by atoms with van der Waals surface area (Å²) < 4.78 is 11.2. The van der Waals surface area contributed by atoms with Gasteiger partial charge in [0.2, 0.25) is 0 Å². The average Bonchev–Trinajstić information content (AvgIpc) is 3.28. The molecule has 3 aromatic rings. The lowest BCUT2D eigenvalue weighted by Crippen LogP contribution is -2.50. The van der Waals surface area contributed by atoms with Crippen molar-refractivity contribution in [1.29, 1.82) is 0 Å². The predicted octanol–water partition coefficient (Wildman–Crippen LogP) is 4.29. The van der Waals surface area contributed by atoms with E-state index < -0.39 is 5.41 Å². The van der Waals surface area contributed by atoms with Crippen LogP contribution in [0.5, 0.6) is 0 Å². The van der Waals surface area contributed by atoms with Crippen molar-refractivity contribution in [2.45, 2.75) is 45.3 Å². The van der Waals surface area contributed by atoms with Crippen molar-refractivity contribution in [3.63, 3.8) is 0 Å². The van der Waals surface area contributed by atoms with Crippen LogP contribution in [-0.2, 0) is 10.2 Å². The minimum atomic E-state index is -0.499. The van der Waals surface area contributed by atoms with E-state index in [2.05, 4.69) is 10.1 Å². The molecule has 2 heterocycles. The third kappa shape index (κ3) is 4.98. The molecular weight excluding hydrogens is 416 g/mol. The zero-order chi connectivity index (χ0) is 23.6. The van der Waals surface area contributed by atoms with Gasteiger partial charge in [0.05, 0.1) is 17.9 Å². The number of rotatable bonds is 5. The molecule has 1 aliphatic rings. The van der Waals surface area contributed by atoms with Gasteiger partial charge in [0.25, 0.3) is 5.88 Å². The van der Waals surface area contributed by atoms with E-state index in [9.17, 15) is 4.79 Å². The van der Waals surface area contributed by atoms with Crippen molar-refractivity contribution in [2.24, 2.45) is 10.7 Å². The van der Waals surface area contributed by atoms with Crippen molar-refractivity contribution in [3.05, 3.63) is 83.0 Å². The molecule has 7 heteroatoms. The van der Waals surface area contributed by atoms with Gasteiger partial charge in [0.15, 0.2) is 11.7 Å². The van der Waals surface area contributed by atoms with E-state index in [1.165, 1.54) is 0 Å². The van der Waals surface area contributed by atoms with Crippen LogP contribution in [0.4, 0.5) is 5.88 Å². The van der Waals surface area contributed by atoms with Gasteiger partial charge >= 0.3 is 0 Å². The van der Waals surface area contributed by atoms with E-state index in [0.29, 0.717) is 41.8 Å². The van der Waals surface area contributed by atoms with Gasteiger partial charge in [-0.1, -0.05) is 67.5 Å². The van der Waals surface area contributed by atoms with Crippen molar-refractivity contribution in [2.75, 3.05) is 13.1 Å². The fourth-order valence-corrected chi connectivity index (χ4v) is 4.11. The normalized spacial score (nSPS) is 19.5. The highest BCUT2D eigenvalue weighted by atomic mass is 16.5. The maximum absolute atomic E-state index is 12.9. The summed E-state index contributed by atoms with van der Waals surface area (Å²) in [4.78, 5) is 19.3. The predicted molar refractivity (Wildman–Crippen MR) is 128 cm³/mol. The molecule has 2 unspecified atom stereocenters. The van der Waals surface area contributed by atoms with E-state index in [1.807, 2.05) is 87.2 Å². The number of aliphatic imine (C=N–C) groups is 1. The molecule has 172 valence electrons. The molecule has 1 fully saturated rings. The molecule has 2 aromatic carbocycles. The zero-order valence-corrected chi connectivity index (χ0v) is 19.5.